The maximum atomic E-state index is 11.8. The molecule has 2 aromatic carbocycles. The van der Waals surface area contributed by atoms with Gasteiger partial charge in [-0.3, -0.25) is 0 Å². The molecule has 1 aromatic heterocycles. The van der Waals surface area contributed by atoms with E-state index in [0.717, 1.165) is 5.56 Å². The SMILES string of the molecule is CCOC(=O)c1ccnc(Nc2ccc(C#N)c(OCc3ccccc3)c2)n1. The summed E-state index contributed by atoms with van der Waals surface area (Å²) in [6, 6.07) is 18.3. The summed E-state index contributed by atoms with van der Waals surface area (Å²) >= 11 is 0. The molecule has 0 aliphatic rings. The second kappa shape index (κ2) is 9.14. The molecule has 7 nitrogen and oxygen atoms in total. The van der Waals surface area contributed by atoms with Gasteiger partial charge in [0.15, 0.2) is 5.69 Å². The van der Waals surface area contributed by atoms with Crippen LogP contribution < -0.4 is 10.1 Å². The number of nitrogens with one attached hydrogen (secondary N) is 1. The number of rotatable bonds is 7. The number of benzene rings is 2. The number of ether oxygens (including phenoxy) is 2. The molecular weight excluding hydrogens is 356 g/mol. The van der Waals surface area contributed by atoms with Crippen molar-refractivity contribution in [2.24, 2.45) is 0 Å². The van der Waals surface area contributed by atoms with Gasteiger partial charge in [0.25, 0.3) is 0 Å². The molecule has 3 rings (SSSR count). The van der Waals surface area contributed by atoms with E-state index in [-0.39, 0.29) is 18.2 Å². The first kappa shape index (κ1) is 18.9. The molecule has 3 aromatic rings. The Kier molecular flexibility index (Phi) is 6.16. The van der Waals surface area contributed by atoms with Crippen LogP contribution in [0.4, 0.5) is 11.6 Å². The number of anilines is 2. The first-order valence-electron chi connectivity index (χ1n) is 8.67. The van der Waals surface area contributed by atoms with E-state index < -0.39 is 5.97 Å². The summed E-state index contributed by atoms with van der Waals surface area (Å²) in [6.45, 7) is 2.34. The van der Waals surface area contributed by atoms with Crippen LogP contribution in [-0.4, -0.2) is 22.5 Å². The van der Waals surface area contributed by atoms with Crippen molar-refractivity contribution in [2.45, 2.75) is 13.5 Å². The molecule has 1 N–H and O–H groups in total. The summed E-state index contributed by atoms with van der Waals surface area (Å²) in [6.07, 6.45) is 1.47. The van der Waals surface area contributed by atoms with Crippen LogP contribution in [-0.2, 0) is 11.3 Å². The van der Waals surface area contributed by atoms with Crippen LogP contribution in [0.5, 0.6) is 5.75 Å². The zero-order chi connectivity index (χ0) is 19.8. The molecule has 28 heavy (non-hydrogen) atoms. The minimum Gasteiger partial charge on any atom is -0.487 e. The lowest BCUT2D eigenvalue weighted by Crippen LogP contribution is -2.09. The highest BCUT2D eigenvalue weighted by atomic mass is 16.5. The van der Waals surface area contributed by atoms with Gasteiger partial charge in [-0.05, 0) is 30.7 Å². The van der Waals surface area contributed by atoms with Gasteiger partial charge in [0.05, 0.1) is 12.2 Å². The minimum absolute atomic E-state index is 0.161. The van der Waals surface area contributed by atoms with Crippen LogP contribution in [0.3, 0.4) is 0 Å². The average molecular weight is 374 g/mol. The van der Waals surface area contributed by atoms with Gasteiger partial charge in [0.2, 0.25) is 5.95 Å². The van der Waals surface area contributed by atoms with Crippen LogP contribution in [0.25, 0.3) is 0 Å². The Morgan fingerprint density at radius 3 is 2.75 bits per heavy atom. The van der Waals surface area contributed by atoms with Gasteiger partial charge < -0.3 is 14.8 Å². The summed E-state index contributed by atoms with van der Waals surface area (Å²) in [5, 5.41) is 12.3. The second-order valence-electron chi connectivity index (χ2n) is 5.71. The molecule has 0 spiro atoms. The van der Waals surface area contributed by atoms with E-state index in [0.29, 0.717) is 23.6 Å². The Labute approximate surface area is 162 Å². The molecular formula is C21H18N4O3. The molecule has 0 aliphatic heterocycles. The monoisotopic (exact) mass is 374 g/mol. The van der Waals surface area contributed by atoms with Crippen molar-refractivity contribution in [3.05, 3.63) is 77.6 Å². The standard InChI is InChI=1S/C21H18N4O3/c1-2-27-20(26)18-10-11-23-21(25-18)24-17-9-8-16(13-22)19(12-17)28-14-15-6-4-3-5-7-15/h3-12H,2,14H2,1H3,(H,23,24,25). The minimum atomic E-state index is -0.514. The lowest BCUT2D eigenvalue weighted by Gasteiger charge is -2.11. The van der Waals surface area contributed by atoms with E-state index in [9.17, 15) is 10.1 Å². The largest absolute Gasteiger partial charge is 0.487 e. The first-order chi connectivity index (χ1) is 13.7. The Balaban J connectivity index is 1.77. The molecule has 0 unspecified atom stereocenters. The molecule has 0 fully saturated rings. The summed E-state index contributed by atoms with van der Waals surface area (Å²) in [7, 11) is 0. The number of carbonyl (C=O) groups excluding carboxylic acids is 1. The van der Waals surface area contributed by atoms with E-state index in [2.05, 4.69) is 21.4 Å². The third kappa shape index (κ3) is 4.83. The van der Waals surface area contributed by atoms with Crippen molar-refractivity contribution >= 4 is 17.6 Å². The molecule has 1 heterocycles. The van der Waals surface area contributed by atoms with Crippen molar-refractivity contribution < 1.29 is 14.3 Å². The van der Waals surface area contributed by atoms with Gasteiger partial charge in [0.1, 0.15) is 18.4 Å². The zero-order valence-corrected chi connectivity index (χ0v) is 15.3. The molecule has 7 heteroatoms. The summed E-state index contributed by atoms with van der Waals surface area (Å²) in [5.41, 5.74) is 2.20. The van der Waals surface area contributed by atoms with Crippen molar-refractivity contribution in [1.82, 2.24) is 9.97 Å². The van der Waals surface area contributed by atoms with Crippen LogP contribution in [0.2, 0.25) is 0 Å². The van der Waals surface area contributed by atoms with Gasteiger partial charge >= 0.3 is 5.97 Å². The molecule has 0 aliphatic carbocycles. The van der Waals surface area contributed by atoms with E-state index in [1.54, 1.807) is 25.1 Å². The first-order valence-corrected chi connectivity index (χ1v) is 8.67. The van der Waals surface area contributed by atoms with Crippen LogP contribution in [0.1, 0.15) is 28.5 Å². The molecule has 0 saturated carbocycles. The predicted molar refractivity (Wildman–Crippen MR) is 103 cm³/mol. The quantitative estimate of drug-likeness (QED) is 0.627. The number of aromatic nitrogens is 2. The fraction of sp³-hybridized carbons (Fsp3) is 0.143. The Morgan fingerprint density at radius 2 is 2.00 bits per heavy atom. The third-order valence-electron chi connectivity index (χ3n) is 3.74. The molecule has 0 atom stereocenters. The maximum Gasteiger partial charge on any atom is 0.357 e. The molecule has 0 saturated heterocycles. The number of esters is 1. The Morgan fingerprint density at radius 1 is 1.18 bits per heavy atom. The third-order valence-corrected chi connectivity index (χ3v) is 3.74. The number of nitrogens with zero attached hydrogens (tertiary/aromatic N) is 3. The van der Waals surface area contributed by atoms with Crippen molar-refractivity contribution in [3.8, 4) is 11.8 Å². The highest BCUT2D eigenvalue weighted by Crippen LogP contribution is 2.25. The summed E-state index contributed by atoms with van der Waals surface area (Å²) < 4.78 is 10.8. The fourth-order valence-electron chi connectivity index (χ4n) is 2.41. The highest BCUT2D eigenvalue weighted by Gasteiger charge is 2.11. The smallest absolute Gasteiger partial charge is 0.357 e. The predicted octanol–water partition coefficient (Wildman–Crippen LogP) is 3.85. The van der Waals surface area contributed by atoms with E-state index >= 15 is 0 Å². The molecule has 0 bridgehead atoms. The molecule has 140 valence electrons. The number of hydrogen-bond acceptors (Lipinski definition) is 7. The fourth-order valence-corrected chi connectivity index (χ4v) is 2.41. The topological polar surface area (TPSA) is 97.1 Å². The van der Waals surface area contributed by atoms with Crippen LogP contribution in [0.15, 0.2) is 60.8 Å². The van der Waals surface area contributed by atoms with Gasteiger partial charge in [0, 0.05) is 18.0 Å². The van der Waals surface area contributed by atoms with E-state index in [4.69, 9.17) is 9.47 Å². The Bertz CT molecular complexity index is 1000. The van der Waals surface area contributed by atoms with Gasteiger partial charge in [-0.25, -0.2) is 14.8 Å². The average Bonchev–Trinajstić information content (AvgIpc) is 2.73. The van der Waals surface area contributed by atoms with E-state index in [1.165, 1.54) is 12.3 Å². The van der Waals surface area contributed by atoms with Gasteiger partial charge in [-0.15, -0.1) is 0 Å². The van der Waals surface area contributed by atoms with Gasteiger partial charge in [-0.2, -0.15) is 5.26 Å². The van der Waals surface area contributed by atoms with Crippen molar-refractivity contribution in [1.29, 1.82) is 5.26 Å². The lowest BCUT2D eigenvalue weighted by molar-refractivity contribution is 0.0519. The van der Waals surface area contributed by atoms with E-state index in [1.807, 2.05) is 30.3 Å². The molecule has 0 amide bonds. The van der Waals surface area contributed by atoms with Crippen molar-refractivity contribution in [3.63, 3.8) is 0 Å². The number of hydrogen-bond donors (Lipinski definition) is 1. The van der Waals surface area contributed by atoms with Crippen LogP contribution >= 0.6 is 0 Å². The normalized spacial score (nSPS) is 10.0. The molecule has 0 radical (unpaired) electrons. The van der Waals surface area contributed by atoms with Gasteiger partial charge in [-0.1, -0.05) is 30.3 Å². The second-order valence-corrected chi connectivity index (χ2v) is 5.71. The number of carbonyl (C=O) groups is 1. The number of nitriles is 1. The Hall–Kier alpha value is -3.92. The lowest BCUT2D eigenvalue weighted by atomic mass is 10.2. The van der Waals surface area contributed by atoms with Crippen molar-refractivity contribution in [2.75, 3.05) is 11.9 Å². The van der Waals surface area contributed by atoms with Crippen LogP contribution in [0, 0.1) is 11.3 Å². The maximum absolute atomic E-state index is 11.8. The highest BCUT2D eigenvalue weighted by molar-refractivity contribution is 5.87. The summed E-state index contributed by atoms with van der Waals surface area (Å²) in [5.74, 6) is 0.168. The summed E-state index contributed by atoms with van der Waals surface area (Å²) in [4.78, 5) is 20.1. The zero-order valence-electron chi connectivity index (χ0n) is 15.3.